The van der Waals surface area contributed by atoms with Crippen LogP contribution >= 0.6 is 27.3 Å². The summed E-state index contributed by atoms with van der Waals surface area (Å²) in [5.41, 5.74) is 7.90. The van der Waals surface area contributed by atoms with E-state index in [0.29, 0.717) is 5.95 Å². The molecule has 3 rings (SSSR count). The fraction of sp³-hybridized carbons (Fsp3) is 0.273. The fourth-order valence-corrected chi connectivity index (χ4v) is 3.64. The summed E-state index contributed by atoms with van der Waals surface area (Å²) >= 11 is 5.27. The van der Waals surface area contributed by atoms with Gasteiger partial charge in [0.1, 0.15) is 0 Å². The third-order valence-electron chi connectivity index (χ3n) is 2.74. The second kappa shape index (κ2) is 4.36. The van der Waals surface area contributed by atoms with Crippen molar-refractivity contribution in [2.45, 2.75) is 13.0 Å². The maximum Gasteiger partial charge on any atom is 0.220 e. The van der Waals surface area contributed by atoms with Crippen molar-refractivity contribution in [1.82, 2.24) is 15.3 Å². The quantitative estimate of drug-likeness (QED) is 0.847. The zero-order valence-electron chi connectivity index (χ0n) is 9.03. The minimum Gasteiger partial charge on any atom is -0.368 e. The minimum absolute atomic E-state index is 0.313. The standard InChI is InChI=1S/C11H11BrN4S/c12-7-5-15-11(13)16-10(7)9-3-6-4-14-2-1-8(6)17-9/h3,5,14H,1-2,4H2,(H2,13,15,16). The lowest BCUT2D eigenvalue weighted by molar-refractivity contribution is 0.653. The average molecular weight is 311 g/mol. The van der Waals surface area contributed by atoms with Crippen LogP contribution in [0.25, 0.3) is 10.6 Å². The number of fused-ring (bicyclic) bond motifs is 1. The van der Waals surface area contributed by atoms with E-state index in [1.807, 2.05) is 0 Å². The number of aromatic nitrogens is 2. The van der Waals surface area contributed by atoms with Crippen LogP contribution in [0.4, 0.5) is 5.95 Å². The molecule has 0 unspecified atom stereocenters. The van der Waals surface area contributed by atoms with Crippen LogP contribution in [0.3, 0.4) is 0 Å². The molecule has 1 aliphatic rings. The Labute approximate surface area is 111 Å². The van der Waals surface area contributed by atoms with Gasteiger partial charge in [-0.1, -0.05) is 0 Å². The Bertz CT molecular complexity index is 543. The summed E-state index contributed by atoms with van der Waals surface area (Å²) in [6, 6.07) is 2.19. The molecule has 2 aromatic heterocycles. The van der Waals surface area contributed by atoms with E-state index in [-0.39, 0.29) is 0 Å². The van der Waals surface area contributed by atoms with Crippen LogP contribution in [0.2, 0.25) is 0 Å². The Morgan fingerprint density at radius 3 is 3.18 bits per heavy atom. The molecule has 4 nitrogen and oxygen atoms in total. The molecule has 6 heteroatoms. The van der Waals surface area contributed by atoms with Crippen LogP contribution in [0, 0.1) is 0 Å². The van der Waals surface area contributed by atoms with E-state index in [9.17, 15) is 0 Å². The Kier molecular flexibility index (Phi) is 2.85. The van der Waals surface area contributed by atoms with Gasteiger partial charge in [-0.25, -0.2) is 9.97 Å². The molecule has 0 radical (unpaired) electrons. The lowest BCUT2D eigenvalue weighted by atomic mass is 10.1. The highest BCUT2D eigenvalue weighted by Gasteiger charge is 2.16. The number of hydrogen-bond donors (Lipinski definition) is 2. The molecule has 2 aromatic rings. The van der Waals surface area contributed by atoms with Crippen molar-refractivity contribution < 1.29 is 0 Å². The summed E-state index contributed by atoms with van der Waals surface area (Å²) in [7, 11) is 0. The molecule has 0 fully saturated rings. The summed E-state index contributed by atoms with van der Waals surface area (Å²) in [6.45, 7) is 2.00. The number of hydrogen-bond acceptors (Lipinski definition) is 5. The molecule has 3 N–H and O–H groups in total. The van der Waals surface area contributed by atoms with E-state index in [1.54, 1.807) is 17.5 Å². The van der Waals surface area contributed by atoms with Gasteiger partial charge >= 0.3 is 0 Å². The molecule has 0 amide bonds. The monoisotopic (exact) mass is 310 g/mol. The largest absolute Gasteiger partial charge is 0.368 e. The van der Waals surface area contributed by atoms with Gasteiger partial charge in [-0.05, 0) is 34.0 Å². The smallest absolute Gasteiger partial charge is 0.220 e. The SMILES string of the molecule is Nc1ncc(Br)c(-c2cc3c(s2)CCNC3)n1. The van der Waals surface area contributed by atoms with Gasteiger partial charge in [0.05, 0.1) is 15.0 Å². The number of anilines is 1. The van der Waals surface area contributed by atoms with Crippen LogP contribution in [0.15, 0.2) is 16.7 Å². The molecule has 0 aromatic carbocycles. The van der Waals surface area contributed by atoms with Crippen LogP contribution in [-0.2, 0) is 13.0 Å². The Morgan fingerprint density at radius 2 is 2.35 bits per heavy atom. The highest BCUT2D eigenvalue weighted by atomic mass is 79.9. The maximum absolute atomic E-state index is 5.64. The van der Waals surface area contributed by atoms with Gasteiger partial charge in [-0.3, -0.25) is 0 Å². The third kappa shape index (κ3) is 2.08. The topological polar surface area (TPSA) is 63.8 Å². The lowest BCUT2D eigenvalue weighted by Crippen LogP contribution is -2.21. The summed E-state index contributed by atoms with van der Waals surface area (Å²) < 4.78 is 0.887. The number of thiophene rings is 1. The van der Waals surface area contributed by atoms with Crippen LogP contribution in [0.5, 0.6) is 0 Å². The number of rotatable bonds is 1. The van der Waals surface area contributed by atoms with Crippen molar-refractivity contribution >= 4 is 33.2 Å². The maximum atomic E-state index is 5.64. The summed E-state index contributed by atoms with van der Waals surface area (Å²) in [4.78, 5) is 10.9. The first kappa shape index (κ1) is 11.1. The first-order chi connectivity index (χ1) is 8.24. The van der Waals surface area contributed by atoms with Crippen molar-refractivity contribution in [1.29, 1.82) is 0 Å². The van der Waals surface area contributed by atoms with Gasteiger partial charge in [0.2, 0.25) is 5.95 Å². The molecule has 0 saturated heterocycles. The number of halogens is 1. The van der Waals surface area contributed by atoms with Crippen LogP contribution in [-0.4, -0.2) is 16.5 Å². The summed E-state index contributed by atoms with van der Waals surface area (Å²) in [5.74, 6) is 0.313. The molecular weight excluding hydrogens is 300 g/mol. The number of nitrogens with one attached hydrogen (secondary N) is 1. The van der Waals surface area contributed by atoms with Gasteiger partial charge in [0.25, 0.3) is 0 Å². The molecule has 0 atom stereocenters. The first-order valence-corrected chi connectivity index (χ1v) is 6.95. The van der Waals surface area contributed by atoms with E-state index in [1.165, 1.54) is 10.4 Å². The zero-order valence-corrected chi connectivity index (χ0v) is 11.4. The van der Waals surface area contributed by atoms with Crippen molar-refractivity contribution in [2.75, 3.05) is 12.3 Å². The number of nitrogens with zero attached hydrogens (tertiary/aromatic N) is 2. The van der Waals surface area contributed by atoms with Crippen molar-refractivity contribution in [3.05, 3.63) is 27.2 Å². The first-order valence-electron chi connectivity index (χ1n) is 5.35. The lowest BCUT2D eigenvalue weighted by Gasteiger charge is -2.10. The van der Waals surface area contributed by atoms with Crippen molar-refractivity contribution in [3.8, 4) is 10.6 Å². The predicted octanol–water partition coefficient (Wildman–Crippen LogP) is 2.20. The second-order valence-electron chi connectivity index (χ2n) is 3.91. The van der Waals surface area contributed by atoms with Gasteiger partial charge in [-0.2, -0.15) is 0 Å². The van der Waals surface area contributed by atoms with E-state index in [4.69, 9.17) is 5.73 Å². The van der Waals surface area contributed by atoms with Crippen LogP contribution in [0.1, 0.15) is 10.4 Å². The molecular formula is C11H11BrN4S. The molecule has 0 saturated carbocycles. The summed E-state index contributed by atoms with van der Waals surface area (Å²) in [5, 5.41) is 3.37. The Hall–Kier alpha value is -0.980. The molecule has 0 bridgehead atoms. The average Bonchev–Trinajstić information content (AvgIpc) is 2.75. The van der Waals surface area contributed by atoms with Crippen molar-refractivity contribution in [2.24, 2.45) is 0 Å². The Balaban J connectivity index is 2.08. The van der Waals surface area contributed by atoms with Crippen molar-refractivity contribution in [3.63, 3.8) is 0 Å². The van der Waals surface area contributed by atoms with Gasteiger partial charge in [-0.15, -0.1) is 11.3 Å². The van der Waals surface area contributed by atoms with E-state index >= 15 is 0 Å². The minimum atomic E-state index is 0.313. The third-order valence-corrected chi connectivity index (χ3v) is 4.56. The second-order valence-corrected chi connectivity index (χ2v) is 5.90. The molecule has 0 spiro atoms. The predicted molar refractivity (Wildman–Crippen MR) is 72.9 cm³/mol. The number of nitrogen functional groups attached to an aromatic ring is 1. The molecule has 3 heterocycles. The summed E-state index contributed by atoms with van der Waals surface area (Å²) in [6.07, 6.45) is 2.80. The highest BCUT2D eigenvalue weighted by Crippen LogP contribution is 2.35. The molecule has 17 heavy (non-hydrogen) atoms. The van der Waals surface area contributed by atoms with E-state index in [2.05, 4.69) is 37.3 Å². The Morgan fingerprint density at radius 1 is 1.47 bits per heavy atom. The highest BCUT2D eigenvalue weighted by molar-refractivity contribution is 9.10. The molecule has 0 aliphatic carbocycles. The zero-order chi connectivity index (χ0) is 11.8. The molecule has 88 valence electrons. The van der Waals surface area contributed by atoms with Gasteiger partial charge < -0.3 is 11.1 Å². The van der Waals surface area contributed by atoms with Gasteiger partial charge in [0, 0.05) is 24.2 Å². The normalized spacial score (nSPS) is 14.6. The fourth-order valence-electron chi connectivity index (χ4n) is 1.92. The van der Waals surface area contributed by atoms with Gasteiger partial charge in [0.15, 0.2) is 0 Å². The van der Waals surface area contributed by atoms with Crippen LogP contribution < -0.4 is 11.1 Å². The van der Waals surface area contributed by atoms with E-state index in [0.717, 1.165) is 34.6 Å². The van der Waals surface area contributed by atoms with E-state index < -0.39 is 0 Å². The number of nitrogens with two attached hydrogens (primary N) is 1. The molecule has 1 aliphatic heterocycles.